The van der Waals surface area contributed by atoms with Crippen molar-refractivity contribution in [2.75, 3.05) is 7.05 Å². The molecule has 2 rings (SSSR count). The highest BCUT2D eigenvalue weighted by Crippen LogP contribution is 2.26. The minimum Gasteiger partial charge on any atom is -0.512 e. The predicted molar refractivity (Wildman–Crippen MR) is 172 cm³/mol. The molecule has 0 spiro atoms. The second-order valence-electron chi connectivity index (χ2n) is 10.7. The summed E-state index contributed by atoms with van der Waals surface area (Å²) in [5.74, 6) is -0.145. The van der Waals surface area contributed by atoms with Crippen molar-refractivity contribution in [2.45, 2.75) is 94.9 Å². The highest BCUT2D eigenvalue weighted by Gasteiger charge is 2.18. The molecule has 222 valence electrons. The molecule has 1 amide bonds. The van der Waals surface area contributed by atoms with Crippen molar-refractivity contribution < 1.29 is 14.7 Å². The summed E-state index contributed by atoms with van der Waals surface area (Å²) in [7, 11) is 1.90. The van der Waals surface area contributed by atoms with Crippen LogP contribution in [0.3, 0.4) is 0 Å². The summed E-state index contributed by atoms with van der Waals surface area (Å²) in [5.41, 5.74) is 9.70. The molecule has 8 heteroatoms. The van der Waals surface area contributed by atoms with Gasteiger partial charge in [-0.1, -0.05) is 73.0 Å². The molecule has 1 aromatic rings. The first-order valence-electron chi connectivity index (χ1n) is 13.9. The van der Waals surface area contributed by atoms with Gasteiger partial charge in [-0.05, 0) is 39.2 Å². The highest BCUT2D eigenvalue weighted by molar-refractivity contribution is 7.10. The molecule has 1 aliphatic rings. The predicted octanol–water partition coefficient (Wildman–Crippen LogP) is 7.95. The van der Waals surface area contributed by atoms with E-state index < -0.39 is 5.41 Å². The maximum absolute atomic E-state index is 12.3. The number of allylic oxidation sites excluding steroid dienone is 5. The SMILES string of the molecule is CC(=O)/C(C=C(C)C)=C1\C=NC=CN1C.CCC.CCCc1c(C(=O)N=C(N)/C=C(\O)C(C)(C)C)csc1CC. The Morgan fingerprint density at radius 1 is 1.12 bits per heavy atom. The molecule has 0 aromatic carbocycles. The van der Waals surface area contributed by atoms with Gasteiger partial charge in [-0.3, -0.25) is 14.6 Å². The normalized spacial score (nSPS) is 14.5. The van der Waals surface area contributed by atoms with Crippen LogP contribution in [0.5, 0.6) is 0 Å². The van der Waals surface area contributed by atoms with E-state index in [1.54, 1.807) is 30.7 Å². The fourth-order valence-electron chi connectivity index (χ4n) is 3.32. The monoisotopic (exact) mass is 570 g/mol. The minimum absolute atomic E-state index is 0.0316. The zero-order chi connectivity index (χ0) is 31.0. The molecule has 0 unspecified atom stereocenters. The Labute approximate surface area is 246 Å². The van der Waals surface area contributed by atoms with E-state index in [2.05, 4.69) is 37.7 Å². The maximum atomic E-state index is 12.3. The van der Waals surface area contributed by atoms with Gasteiger partial charge in [0.15, 0.2) is 5.78 Å². The number of aliphatic hydroxyl groups is 1. The van der Waals surface area contributed by atoms with Gasteiger partial charge in [0, 0.05) is 46.8 Å². The van der Waals surface area contributed by atoms with E-state index in [0.717, 1.165) is 36.1 Å². The third-order valence-electron chi connectivity index (χ3n) is 5.36. The van der Waals surface area contributed by atoms with Crippen molar-refractivity contribution in [2.24, 2.45) is 21.1 Å². The largest absolute Gasteiger partial charge is 0.512 e. The number of nitrogens with zero attached hydrogens (tertiary/aromatic N) is 3. The Balaban J connectivity index is 0.000000732. The molecule has 0 radical (unpaired) electrons. The van der Waals surface area contributed by atoms with Gasteiger partial charge in [-0.25, -0.2) is 0 Å². The van der Waals surface area contributed by atoms with Crippen LogP contribution in [-0.4, -0.2) is 40.8 Å². The Hall–Kier alpha value is -3.26. The van der Waals surface area contributed by atoms with E-state index in [-0.39, 0.29) is 23.3 Å². The van der Waals surface area contributed by atoms with E-state index >= 15 is 0 Å². The summed E-state index contributed by atoms with van der Waals surface area (Å²) in [5, 5.41) is 11.8. The number of aliphatic hydroxyl groups excluding tert-OH is 1. The molecule has 0 fully saturated rings. The van der Waals surface area contributed by atoms with Crippen LogP contribution in [0.15, 0.2) is 62.5 Å². The molecule has 0 saturated carbocycles. The second-order valence-corrected chi connectivity index (χ2v) is 11.7. The fourth-order valence-corrected chi connectivity index (χ4v) is 4.34. The van der Waals surface area contributed by atoms with Crippen LogP contribution >= 0.6 is 11.3 Å². The van der Waals surface area contributed by atoms with Crippen molar-refractivity contribution in [1.82, 2.24) is 4.90 Å². The molecule has 0 saturated heterocycles. The Bertz CT molecular complexity index is 1170. The Kier molecular flexibility index (Phi) is 16.7. The lowest BCUT2D eigenvalue weighted by molar-refractivity contribution is -0.113. The van der Waals surface area contributed by atoms with Gasteiger partial charge < -0.3 is 15.7 Å². The first kappa shape index (κ1) is 36.7. The Morgan fingerprint density at radius 3 is 2.17 bits per heavy atom. The molecular weight excluding hydrogens is 520 g/mol. The maximum Gasteiger partial charge on any atom is 0.280 e. The standard InChI is InChI=1S/C17H26N2O2S.C12H16N2O.C3H8/c1-6-8-11-12(10-22-13(11)7-2)16(21)19-15(18)9-14(20)17(3,4)5;1-9(2)7-11(10(3)15)12-8-13-5-6-14(12)4;1-3-2/h9-10,20H,6-8H2,1-5H3,(H2,18,19,21);5-8H,1-4H3;3H2,1-2H3/b14-9-;12-11+;. The first-order valence-corrected chi connectivity index (χ1v) is 14.7. The molecular formula is C32H50N4O3S. The second kappa shape index (κ2) is 18.2. The van der Waals surface area contributed by atoms with Crippen LogP contribution < -0.4 is 5.73 Å². The van der Waals surface area contributed by atoms with Crippen LogP contribution in [0.1, 0.15) is 103 Å². The molecule has 40 heavy (non-hydrogen) atoms. The number of nitrogens with two attached hydrogens (primary N) is 1. The minimum atomic E-state index is -0.422. The van der Waals surface area contributed by atoms with Gasteiger partial charge in [0.25, 0.3) is 5.91 Å². The third-order valence-corrected chi connectivity index (χ3v) is 6.53. The van der Waals surface area contributed by atoms with E-state index in [1.807, 2.05) is 64.2 Å². The molecule has 2 heterocycles. The van der Waals surface area contributed by atoms with Gasteiger partial charge in [0.2, 0.25) is 0 Å². The number of carbonyl (C=O) groups is 2. The summed E-state index contributed by atoms with van der Waals surface area (Å²) in [4.78, 5) is 34.9. The lowest BCUT2D eigenvalue weighted by Gasteiger charge is -2.19. The third kappa shape index (κ3) is 12.7. The molecule has 0 atom stereocenters. The summed E-state index contributed by atoms with van der Waals surface area (Å²) in [6.07, 6.45) is 12.5. The topological polar surface area (TPSA) is 108 Å². The van der Waals surface area contributed by atoms with Crippen molar-refractivity contribution in [3.63, 3.8) is 0 Å². The van der Waals surface area contributed by atoms with Gasteiger partial charge in [-0.15, -0.1) is 11.3 Å². The smallest absolute Gasteiger partial charge is 0.280 e. The number of ketones is 1. The fraction of sp³-hybridized carbons (Fsp3) is 0.500. The molecule has 3 N–H and O–H groups in total. The number of aryl methyl sites for hydroxylation is 1. The molecule has 1 aliphatic heterocycles. The number of carbonyl (C=O) groups excluding carboxylic acids is 2. The highest BCUT2D eigenvalue weighted by atomic mass is 32.1. The number of amidine groups is 1. The lowest BCUT2D eigenvalue weighted by atomic mass is 9.93. The van der Waals surface area contributed by atoms with Crippen molar-refractivity contribution >= 4 is 35.1 Å². The molecule has 1 aromatic heterocycles. The van der Waals surface area contributed by atoms with Gasteiger partial charge in [0.05, 0.1) is 17.5 Å². The summed E-state index contributed by atoms with van der Waals surface area (Å²) >= 11 is 1.59. The zero-order valence-corrected chi connectivity index (χ0v) is 27.2. The first-order chi connectivity index (χ1) is 18.6. The molecule has 7 nitrogen and oxygen atoms in total. The van der Waals surface area contributed by atoms with E-state index in [0.29, 0.717) is 11.1 Å². The van der Waals surface area contributed by atoms with Crippen molar-refractivity contribution in [1.29, 1.82) is 0 Å². The quantitative estimate of drug-likeness (QED) is 0.150. The number of hydrogen-bond donors (Lipinski definition) is 2. The summed E-state index contributed by atoms with van der Waals surface area (Å²) < 4.78 is 0. The summed E-state index contributed by atoms with van der Waals surface area (Å²) in [6.45, 7) is 19.5. The van der Waals surface area contributed by atoms with E-state index in [4.69, 9.17) is 5.73 Å². The number of amides is 1. The van der Waals surface area contributed by atoms with Crippen LogP contribution in [0.2, 0.25) is 0 Å². The van der Waals surface area contributed by atoms with Crippen molar-refractivity contribution in [3.05, 3.63) is 68.5 Å². The number of aliphatic imine (C=N–C) groups is 2. The average molecular weight is 571 g/mol. The zero-order valence-electron chi connectivity index (χ0n) is 26.4. The van der Waals surface area contributed by atoms with E-state index in [9.17, 15) is 14.7 Å². The number of Topliss-reactive ketones (excluding diaryl/α,β-unsaturated/α-hetero) is 1. The summed E-state index contributed by atoms with van der Waals surface area (Å²) in [6, 6.07) is 0. The molecule has 0 aliphatic carbocycles. The van der Waals surface area contributed by atoms with Crippen LogP contribution in [0.25, 0.3) is 0 Å². The van der Waals surface area contributed by atoms with Gasteiger partial charge in [-0.2, -0.15) is 4.99 Å². The van der Waals surface area contributed by atoms with Gasteiger partial charge >= 0.3 is 0 Å². The average Bonchev–Trinajstić information content (AvgIpc) is 3.26. The van der Waals surface area contributed by atoms with Crippen LogP contribution in [-0.2, 0) is 17.6 Å². The lowest BCUT2D eigenvalue weighted by Crippen LogP contribution is -2.18. The van der Waals surface area contributed by atoms with Crippen LogP contribution in [0.4, 0.5) is 0 Å². The van der Waals surface area contributed by atoms with Crippen molar-refractivity contribution in [3.8, 4) is 0 Å². The Morgan fingerprint density at radius 2 is 1.73 bits per heavy atom. The van der Waals surface area contributed by atoms with Gasteiger partial charge in [0.1, 0.15) is 11.6 Å². The molecule has 0 bridgehead atoms. The number of thiophene rings is 1. The van der Waals surface area contributed by atoms with Crippen LogP contribution in [0, 0.1) is 5.41 Å². The number of hydrogen-bond acceptors (Lipinski definition) is 6. The number of rotatable bonds is 7. The van der Waals surface area contributed by atoms with E-state index in [1.165, 1.54) is 17.4 Å².